The van der Waals surface area contributed by atoms with Gasteiger partial charge in [-0.1, -0.05) is 0 Å². The highest BCUT2D eigenvalue weighted by Crippen LogP contribution is 2.10. The highest BCUT2D eigenvalue weighted by Gasteiger charge is 2.08. The number of aryl methyl sites for hydroxylation is 2. The lowest BCUT2D eigenvalue weighted by Gasteiger charge is -2.14. The van der Waals surface area contributed by atoms with Crippen molar-refractivity contribution in [2.75, 3.05) is 10.6 Å². The number of Topliss-reactive ketones (excluding diaryl/α,β-unsaturated/α-hetero) is 1. The molecule has 3 aromatic rings. The molecule has 0 saturated carbocycles. The summed E-state index contributed by atoms with van der Waals surface area (Å²) in [6, 6.07) is 12.6. The molecule has 3 rings (SSSR count). The molecular formula is C21H22N6O2S. The van der Waals surface area contributed by atoms with Crippen molar-refractivity contribution >= 4 is 40.7 Å². The SMILES string of the molecule is CC(=O)c1ccc(NC(=S)NC(=NCc2ccco2)Nc2nc(C)cc(C)n2)cc1. The molecular weight excluding hydrogens is 400 g/mol. The third-order valence-corrected chi connectivity index (χ3v) is 4.17. The number of thiocarbonyl (C=S) groups is 1. The van der Waals surface area contributed by atoms with E-state index in [1.807, 2.05) is 26.0 Å². The highest BCUT2D eigenvalue weighted by molar-refractivity contribution is 7.80. The molecule has 0 bridgehead atoms. The van der Waals surface area contributed by atoms with Crippen LogP contribution in [0.4, 0.5) is 11.6 Å². The van der Waals surface area contributed by atoms with Crippen LogP contribution < -0.4 is 16.0 Å². The summed E-state index contributed by atoms with van der Waals surface area (Å²) in [7, 11) is 0. The quantitative estimate of drug-likeness (QED) is 0.247. The molecule has 1 aromatic carbocycles. The van der Waals surface area contributed by atoms with Crippen molar-refractivity contribution in [3.8, 4) is 0 Å². The van der Waals surface area contributed by atoms with Crippen LogP contribution in [0.2, 0.25) is 0 Å². The minimum absolute atomic E-state index is 0.00671. The van der Waals surface area contributed by atoms with Crippen LogP contribution >= 0.6 is 12.2 Å². The number of rotatable bonds is 5. The van der Waals surface area contributed by atoms with Crippen molar-refractivity contribution in [1.82, 2.24) is 15.3 Å². The fourth-order valence-electron chi connectivity index (χ4n) is 2.62. The standard InChI is InChI=1S/C21H22N6O2S/c1-13-11-14(2)24-20(23-13)26-19(22-12-18-5-4-10-29-18)27-21(30)25-17-8-6-16(7-9-17)15(3)28/h4-11H,12H2,1-3H3,(H3,22,23,24,25,26,27,30). The largest absolute Gasteiger partial charge is 0.467 e. The van der Waals surface area contributed by atoms with Crippen molar-refractivity contribution in [2.24, 2.45) is 4.99 Å². The van der Waals surface area contributed by atoms with Gasteiger partial charge in [-0.2, -0.15) is 0 Å². The fourth-order valence-corrected chi connectivity index (χ4v) is 2.83. The molecule has 30 heavy (non-hydrogen) atoms. The van der Waals surface area contributed by atoms with Crippen molar-refractivity contribution < 1.29 is 9.21 Å². The third-order valence-electron chi connectivity index (χ3n) is 3.97. The Balaban J connectivity index is 1.72. The lowest BCUT2D eigenvalue weighted by atomic mass is 10.1. The second-order valence-electron chi connectivity index (χ2n) is 6.56. The van der Waals surface area contributed by atoms with Crippen LogP contribution in [-0.4, -0.2) is 26.8 Å². The van der Waals surface area contributed by atoms with Gasteiger partial charge in [0.2, 0.25) is 11.9 Å². The maximum atomic E-state index is 11.4. The maximum absolute atomic E-state index is 11.4. The number of aromatic nitrogens is 2. The molecule has 3 N–H and O–H groups in total. The van der Waals surface area contributed by atoms with E-state index in [4.69, 9.17) is 16.6 Å². The molecule has 0 aliphatic rings. The molecule has 0 aliphatic heterocycles. The molecule has 154 valence electrons. The predicted octanol–water partition coefficient (Wildman–Crippen LogP) is 3.84. The van der Waals surface area contributed by atoms with Crippen molar-refractivity contribution in [3.63, 3.8) is 0 Å². The fraction of sp³-hybridized carbons (Fsp3) is 0.190. The summed E-state index contributed by atoms with van der Waals surface area (Å²) in [5.74, 6) is 1.49. The summed E-state index contributed by atoms with van der Waals surface area (Å²) in [6.45, 7) is 5.62. The summed E-state index contributed by atoms with van der Waals surface area (Å²) < 4.78 is 5.33. The Morgan fingerprint density at radius 2 is 1.80 bits per heavy atom. The Bertz CT molecular complexity index is 1040. The van der Waals surface area contributed by atoms with E-state index in [2.05, 4.69) is 30.9 Å². The smallest absolute Gasteiger partial charge is 0.229 e. The van der Waals surface area contributed by atoms with Crippen LogP contribution in [-0.2, 0) is 6.54 Å². The minimum Gasteiger partial charge on any atom is -0.467 e. The average molecular weight is 423 g/mol. The summed E-state index contributed by atoms with van der Waals surface area (Å²) in [5, 5.41) is 9.47. The maximum Gasteiger partial charge on any atom is 0.229 e. The van der Waals surface area contributed by atoms with Gasteiger partial charge in [-0.3, -0.25) is 10.1 Å². The number of benzene rings is 1. The van der Waals surface area contributed by atoms with Gasteiger partial charge in [-0.15, -0.1) is 0 Å². The van der Waals surface area contributed by atoms with Gasteiger partial charge in [0.1, 0.15) is 12.3 Å². The Morgan fingerprint density at radius 3 is 2.40 bits per heavy atom. The minimum atomic E-state index is 0.00671. The number of guanidine groups is 1. The Labute approximate surface area is 179 Å². The zero-order valence-corrected chi connectivity index (χ0v) is 17.7. The van der Waals surface area contributed by atoms with E-state index in [9.17, 15) is 4.79 Å². The number of furan rings is 1. The number of nitrogens with one attached hydrogen (secondary N) is 3. The van der Waals surface area contributed by atoms with Gasteiger partial charge in [0.25, 0.3) is 0 Å². The lowest BCUT2D eigenvalue weighted by molar-refractivity contribution is 0.101. The number of ketones is 1. The monoisotopic (exact) mass is 422 g/mol. The van der Waals surface area contributed by atoms with Crippen LogP contribution in [0, 0.1) is 13.8 Å². The van der Waals surface area contributed by atoms with Crippen molar-refractivity contribution in [2.45, 2.75) is 27.3 Å². The van der Waals surface area contributed by atoms with Crippen LogP contribution in [0.25, 0.3) is 0 Å². The highest BCUT2D eigenvalue weighted by atomic mass is 32.1. The number of aliphatic imine (C=N–C) groups is 1. The number of hydrogen-bond donors (Lipinski definition) is 3. The zero-order valence-electron chi connectivity index (χ0n) is 16.9. The second-order valence-corrected chi connectivity index (χ2v) is 6.96. The van der Waals surface area contributed by atoms with E-state index in [0.29, 0.717) is 34.9 Å². The third kappa shape index (κ3) is 6.21. The molecule has 9 heteroatoms. The van der Waals surface area contributed by atoms with Crippen molar-refractivity contribution in [1.29, 1.82) is 0 Å². The van der Waals surface area contributed by atoms with Crippen LogP contribution in [0.15, 0.2) is 58.1 Å². The molecule has 2 heterocycles. The molecule has 0 fully saturated rings. The topological polar surface area (TPSA) is 104 Å². The zero-order chi connectivity index (χ0) is 21.5. The van der Waals surface area contributed by atoms with Crippen LogP contribution in [0.1, 0.15) is 34.4 Å². The van der Waals surface area contributed by atoms with Gasteiger partial charge < -0.3 is 15.1 Å². The summed E-state index contributed by atoms with van der Waals surface area (Å²) in [6.07, 6.45) is 1.59. The first kappa shape index (κ1) is 21.1. The number of carbonyl (C=O) groups excluding carboxylic acids is 1. The lowest BCUT2D eigenvalue weighted by Crippen LogP contribution is -2.39. The van der Waals surface area contributed by atoms with E-state index in [-0.39, 0.29) is 5.78 Å². The van der Waals surface area contributed by atoms with Gasteiger partial charge in [0.15, 0.2) is 10.9 Å². The molecule has 0 amide bonds. The first-order chi connectivity index (χ1) is 14.4. The molecule has 0 aliphatic carbocycles. The predicted molar refractivity (Wildman–Crippen MR) is 121 cm³/mol. The molecule has 0 unspecified atom stereocenters. The molecule has 8 nitrogen and oxygen atoms in total. The van der Waals surface area contributed by atoms with Gasteiger partial charge in [0, 0.05) is 22.6 Å². The van der Waals surface area contributed by atoms with Gasteiger partial charge in [-0.25, -0.2) is 15.0 Å². The van der Waals surface area contributed by atoms with E-state index in [1.165, 1.54) is 6.92 Å². The number of carbonyl (C=O) groups is 1. The van der Waals surface area contributed by atoms with Crippen molar-refractivity contribution in [3.05, 3.63) is 71.4 Å². The summed E-state index contributed by atoms with van der Waals surface area (Å²) >= 11 is 5.40. The Hall–Kier alpha value is -3.59. The summed E-state index contributed by atoms with van der Waals surface area (Å²) in [5.41, 5.74) is 3.04. The van der Waals surface area contributed by atoms with Gasteiger partial charge >= 0.3 is 0 Å². The van der Waals surface area contributed by atoms with E-state index in [0.717, 1.165) is 17.1 Å². The average Bonchev–Trinajstić information content (AvgIpc) is 3.19. The number of hydrogen-bond acceptors (Lipinski definition) is 6. The van der Waals surface area contributed by atoms with Crippen LogP contribution in [0.5, 0.6) is 0 Å². The van der Waals surface area contributed by atoms with E-state index >= 15 is 0 Å². The first-order valence-corrected chi connectivity index (χ1v) is 9.65. The molecule has 0 atom stereocenters. The summed E-state index contributed by atoms with van der Waals surface area (Å²) in [4.78, 5) is 24.6. The van der Waals surface area contributed by atoms with E-state index < -0.39 is 0 Å². The Kier molecular flexibility index (Phi) is 6.87. The van der Waals surface area contributed by atoms with Gasteiger partial charge in [0.05, 0.1) is 6.26 Å². The Morgan fingerprint density at radius 1 is 1.10 bits per heavy atom. The van der Waals surface area contributed by atoms with Crippen LogP contribution in [0.3, 0.4) is 0 Å². The normalized spacial score (nSPS) is 11.1. The molecule has 0 spiro atoms. The number of nitrogens with zero attached hydrogens (tertiary/aromatic N) is 3. The molecule has 0 radical (unpaired) electrons. The first-order valence-electron chi connectivity index (χ1n) is 9.24. The molecule has 2 aromatic heterocycles. The second kappa shape index (κ2) is 9.75. The molecule has 0 saturated heterocycles. The van der Waals surface area contributed by atoms with E-state index in [1.54, 1.807) is 36.6 Å². The number of anilines is 2. The van der Waals surface area contributed by atoms with Gasteiger partial charge in [-0.05, 0) is 75.5 Å².